The van der Waals surface area contributed by atoms with E-state index in [1.165, 1.54) is 13.8 Å². The molecule has 0 radical (unpaired) electrons. The number of rotatable bonds is 2. The van der Waals surface area contributed by atoms with Crippen LogP contribution < -0.4 is 0 Å². The van der Waals surface area contributed by atoms with Crippen LogP contribution in [0.5, 0.6) is 0 Å². The van der Waals surface area contributed by atoms with Gasteiger partial charge in [-0.15, -0.1) is 0 Å². The van der Waals surface area contributed by atoms with Gasteiger partial charge in [-0.3, -0.25) is 4.85 Å². The Kier molecular flexibility index (Phi) is 2.82. The Hall–Kier alpha value is -1.30. The highest BCUT2D eigenvalue weighted by Gasteiger charge is 2.27. The first-order valence-corrected chi connectivity index (χ1v) is 3.16. The largest absolute Gasteiger partial charge is 0.386 e. The lowest BCUT2D eigenvalue weighted by Crippen LogP contribution is -2.23. The molecule has 0 saturated heterocycles. The maximum absolute atomic E-state index is 10.9. The molecule has 0 aromatic rings. The summed E-state index contributed by atoms with van der Waals surface area (Å²) in [5.41, 5.74) is -0.766. The first-order chi connectivity index (χ1) is 4.89. The van der Waals surface area contributed by atoms with E-state index in [2.05, 4.69) is 11.4 Å². The van der Waals surface area contributed by atoms with Crippen molar-refractivity contribution >= 4 is 5.97 Å². The molecule has 3 nitrogen and oxygen atoms in total. The molecule has 60 valence electrons. The van der Waals surface area contributed by atoms with Crippen molar-refractivity contribution in [2.75, 3.05) is 0 Å². The summed E-state index contributed by atoms with van der Waals surface area (Å²) in [6.07, 6.45) is 0. The van der Waals surface area contributed by atoms with Gasteiger partial charge in [-0.2, -0.15) is 0 Å². The van der Waals surface area contributed by atoms with Gasteiger partial charge < -0.3 is 4.74 Å². The Bertz CT molecular complexity index is 223. The normalized spacial score (nSPS) is 10.0. The Balaban J connectivity index is 4.19. The van der Waals surface area contributed by atoms with Gasteiger partial charge in [-0.1, -0.05) is 6.58 Å². The maximum Gasteiger partial charge on any atom is 0.372 e. The molecular weight excluding hydrogens is 142 g/mol. The molecule has 0 fully saturated rings. The highest BCUT2D eigenvalue weighted by Crippen LogP contribution is 2.12. The van der Waals surface area contributed by atoms with Crippen LogP contribution in [0.2, 0.25) is 0 Å². The number of carbonyl (C=O) groups is 1. The molecule has 0 heterocycles. The Morgan fingerprint density at radius 1 is 1.64 bits per heavy atom. The molecule has 0 spiro atoms. The topological polar surface area (TPSA) is 30.7 Å². The smallest absolute Gasteiger partial charge is 0.372 e. The van der Waals surface area contributed by atoms with Gasteiger partial charge >= 0.3 is 11.7 Å². The van der Waals surface area contributed by atoms with Crippen LogP contribution in [-0.4, -0.2) is 11.7 Å². The van der Waals surface area contributed by atoms with Crippen molar-refractivity contribution in [3.05, 3.63) is 23.6 Å². The van der Waals surface area contributed by atoms with Gasteiger partial charge in [0.15, 0.2) is 0 Å². The number of esters is 1. The second-order valence-electron chi connectivity index (χ2n) is 2.73. The molecule has 3 heteroatoms. The summed E-state index contributed by atoms with van der Waals surface area (Å²) in [6, 6.07) is 0. The molecule has 0 aromatic heterocycles. The lowest BCUT2D eigenvalue weighted by atomic mass is 10.3. The average molecular weight is 153 g/mol. The fourth-order valence-electron chi connectivity index (χ4n) is 0.337. The fourth-order valence-corrected chi connectivity index (χ4v) is 0.337. The van der Waals surface area contributed by atoms with Crippen LogP contribution in [-0.2, 0) is 9.53 Å². The molecule has 0 amide bonds. The van der Waals surface area contributed by atoms with E-state index in [-0.39, 0.29) is 0 Å². The highest BCUT2D eigenvalue weighted by molar-refractivity contribution is 5.87. The van der Waals surface area contributed by atoms with E-state index in [0.29, 0.717) is 5.57 Å². The summed E-state index contributed by atoms with van der Waals surface area (Å²) in [5.74, 6) is -0.522. The molecule has 0 aliphatic heterocycles. The summed E-state index contributed by atoms with van der Waals surface area (Å²) in [6.45, 7) is 14.7. The second-order valence-corrected chi connectivity index (χ2v) is 2.73. The standard InChI is InChI=1S/C8H11NO2/c1-6(2)7(10)11-8(3,4)9-5/h1H2,2-4H3. The first-order valence-electron chi connectivity index (χ1n) is 3.16. The summed E-state index contributed by atoms with van der Waals surface area (Å²) in [5, 5.41) is 0. The van der Waals surface area contributed by atoms with Gasteiger partial charge in [0, 0.05) is 5.57 Å². The van der Waals surface area contributed by atoms with Crippen molar-refractivity contribution in [1.29, 1.82) is 0 Å². The van der Waals surface area contributed by atoms with Crippen LogP contribution in [0.3, 0.4) is 0 Å². The molecule has 0 unspecified atom stereocenters. The van der Waals surface area contributed by atoms with Crippen molar-refractivity contribution in [3.8, 4) is 0 Å². The third-order valence-electron chi connectivity index (χ3n) is 0.960. The molecule has 0 N–H and O–H groups in total. The van der Waals surface area contributed by atoms with E-state index in [4.69, 9.17) is 11.3 Å². The van der Waals surface area contributed by atoms with Gasteiger partial charge in [0.1, 0.15) is 0 Å². The molecule has 0 saturated carbocycles. The van der Waals surface area contributed by atoms with Gasteiger partial charge in [0.05, 0.1) is 13.8 Å². The van der Waals surface area contributed by atoms with E-state index in [1.54, 1.807) is 6.92 Å². The summed E-state index contributed by atoms with van der Waals surface area (Å²) < 4.78 is 4.76. The van der Waals surface area contributed by atoms with E-state index >= 15 is 0 Å². The fraction of sp³-hybridized carbons (Fsp3) is 0.500. The van der Waals surface area contributed by atoms with E-state index in [1.807, 2.05) is 0 Å². The van der Waals surface area contributed by atoms with Crippen molar-refractivity contribution in [3.63, 3.8) is 0 Å². The van der Waals surface area contributed by atoms with Crippen LogP contribution in [0.1, 0.15) is 20.8 Å². The molecule has 11 heavy (non-hydrogen) atoms. The first kappa shape index (κ1) is 9.70. The number of hydrogen-bond donors (Lipinski definition) is 0. The zero-order valence-corrected chi connectivity index (χ0v) is 6.97. The van der Waals surface area contributed by atoms with Crippen LogP contribution >= 0.6 is 0 Å². The van der Waals surface area contributed by atoms with Crippen LogP contribution in [0.4, 0.5) is 0 Å². The predicted molar refractivity (Wildman–Crippen MR) is 41.6 cm³/mol. The van der Waals surface area contributed by atoms with Gasteiger partial charge in [-0.05, 0) is 6.92 Å². The number of nitrogens with zero attached hydrogens (tertiary/aromatic N) is 1. The van der Waals surface area contributed by atoms with Crippen LogP contribution in [0.15, 0.2) is 12.2 Å². The Labute approximate surface area is 66.5 Å². The lowest BCUT2D eigenvalue weighted by Gasteiger charge is -2.11. The van der Waals surface area contributed by atoms with Gasteiger partial charge in [0.2, 0.25) is 0 Å². The summed E-state index contributed by atoms with van der Waals surface area (Å²) >= 11 is 0. The molecule has 0 rings (SSSR count). The molecule has 0 aliphatic rings. The van der Waals surface area contributed by atoms with E-state index in [9.17, 15) is 4.79 Å². The zero-order valence-electron chi connectivity index (χ0n) is 6.97. The van der Waals surface area contributed by atoms with Crippen molar-refractivity contribution < 1.29 is 9.53 Å². The third kappa shape index (κ3) is 3.41. The molecular formula is C8H11NO2. The second kappa shape index (κ2) is 3.20. The Morgan fingerprint density at radius 2 is 2.09 bits per heavy atom. The van der Waals surface area contributed by atoms with Crippen LogP contribution in [0, 0.1) is 6.57 Å². The minimum Gasteiger partial charge on any atom is -0.386 e. The quantitative estimate of drug-likeness (QED) is 0.344. The number of carbonyl (C=O) groups excluding carboxylic acids is 1. The van der Waals surface area contributed by atoms with Crippen molar-refractivity contribution in [1.82, 2.24) is 0 Å². The van der Waals surface area contributed by atoms with Gasteiger partial charge in [-0.25, -0.2) is 11.4 Å². The molecule has 0 atom stereocenters. The number of ether oxygens (including phenoxy) is 1. The van der Waals surface area contributed by atoms with Crippen molar-refractivity contribution in [2.24, 2.45) is 0 Å². The highest BCUT2D eigenvalue weighted by atomic mass is 16.6. The molecule has 0 aromatic carbocycles. The zero-order chi connectivity index (χ0) is 9.07. The van der Waals surface area contributed by atoms with Crippen molar-refractivity contribution in [2.45, 2.75) is 26.5 Å². The number of hydrogen-bond acceptors (Lipinski definition) is 2. The minimum absolute atomic E-state index is 0.307. The van der Waals surface area contributed by atoms with Gasteiger partial charge in [0.25, 0.3) is 0 Å². The van der Waals surface area contributed by atoms with Crippen LogP contribution in [0.25, 0.3) is 4.85 Å². The van der Waals surface area contributed by atoms with E-state index in [0.717, 1.165) is 0 Å². The lowest BCUT2D eigenvalue weighted by molar-refractivity contribution is -0.147. The maximum atomic E-state index is 10.9. The molecule has 0 aliphatic carbocycles. The minimum atomic E-state index is -1.07. The predicted octanol–water partition coefficient (Wildman–Crippen LogP) is 1.76. The monoisotopic (exact) mass is 153 g/mol. The average Bonchev–Trinajstić information content (AvgIpc) is 1.87. The Morgan fingerprint density at radius 3 is 2.36 bits per heavy atom. The summed E-state index contributed by atoms with van der Waals surface area (Å²) in [4.78, 5) is 14.0. The molecule has 0 bridgehead atoms. The third-order valence-corrected chi connectivity index (χ3v) is 0.960. The SMILES string of the molecule is [C-]#[N+]C(C)(C)OC(=O)C(=C)C. The summed E-state index contributed by atoms with van der Waals surface area (Å²) in [7, 11) is 0. The van der Waals surface area contributed by atoms with E-state index < -0.39 is 11.7 Å².